The lowest BCUT2D eigenvalue weighted by atomic mass is 10.1. The third-order valence-corrected chi connectivity index (χ3v) is 2.86. The Morgan fingerprint density at radius 2 is 1.74 bits per heavy atom. The first kappa shape index (κ1) is 13.5. The van der Waals surface area contributed by atoms with Gasteiger partial charge in [-0.25, -0.2) is 8.78 Å². The van der Waals surface area contributed by atoms with Crippen LogP contribution in [0.5, 0.6) is 5.75 Å². The van der Waals surface area contributed by atoms with Crippen LogP contribution >= 0.6 is 0 Å². The van der Waals surface area contributed by atoms with Gasteiger partial charge in [-0.2, -0.15) is 0 Å². The average molecular weight is 263 g/mol. The molecular weight excluding hydrogens is 248 g/mol. The van der Waals surface area contributed by atoms with Crippen LogP contribution in [0, 0.1) is 11.6 Å². The van der Waals surface area contributed by atoms with Crippen LogP contribution < -0.4 is 5.32 Å². The molecule has 2 rings (SSSR count). The Morgan fingerprint density at radius 3 is 2.42 bits per heavy atom. The summed E-state index contributed by atoms with van der Waals surface area (Å²) < 4.78 is 26.0. The normalized spacial score (nSPS) is 10.6. The molecule has 0 saturated heterocycles. The van der Waals surface area contributed by atoms with Crippen LogP contribution in [0.25, 0.3) is 0 Å². The molecule has 0 aliphatic heterocycles. The number of hydrogen-bond acceptors (Lipinski definition) is 2. The molecule has 0 amide bonds. The average Bonchev–Trinajstić information content (AvgIpc) is 2.39. The van der Waals surface area contributed by atoms with Crippen LogP contribution in [-0.2, 0) is 13.0 Å². The monoisotopic (exact) mass is 263 g/mol. The van der Waals surface area contributed by atoms with E-state index in [0.29, 0.717) is 18.7 Å². The van der Waals surface area contributed by atoms with E-state index in [4.69, 9.17) is 5.11 Å². The molecule has 2 nitrogen and oxygen atoms in total. The summed E-state index contributed by atoms with van der Waals surface area (Å²) in [6.07, 6.45) is 0.781. The molecule has 19 heavy (non-hydrogen) atoms. The van der Waals surface area contributed by atoms with Gasteiger partial charge in [0.2, 0.25) is 0 Å². The number of benzene rings is 2. The Morgan fingerprint density at radius 1 is 1.00 bits per heavy atom. The number of phenols is 1. The van der Waals surface area contributed by atoms with E-state index in [2.05, 4.69) is 5.32 Å². The van der Waals surface area contributed by atoms with Gasteiger partial charge in [0.25, 0.3) is 0 Å². The van der Waals surface area contributed by atoms with E-state index in [1.807, 2.05) is 12.1 Å². The number of nitrogens with one attached hydrogen (secondary N) is 1. The summed E-state index contributed by atoms with van der Waals surface area (Å²) in [4.78, 5) is 0. The van der Waals surface area contributed by atoms with Gasteiger partial charge in [-0.15, -0.1) is 0 Å². The van der Waals surface area contributed by atoms with Gasteiger partial charge in [0.15, 0.2) is 0 Å². The molecule has 0 aliphatic carbocycles. The van der Waals surface area contributed by atoms with E-state index in [9.17, 15) is 8.78 Å². The molecule has 0 spiro atoms. The number of halogens is 2. The highest BCUT2D eigenvalue weighted by molar-refractivity contribution is 5.26. The zero-order valence-corrected chi connectivity index (χ0v) is 10.4. The molecule has 0 heterocycles. The Bertz CT molecular complexity index is 540. The minimum absolute atomic E-state index is 0.241. The molecular formula is C15H15F2NO. The summed E-state index contributed by atoms with van der Waals surface area (Å²) in [5.74, 6) is -0.854. The summed E-state index contributed by atoms with van der Waals surface area (Å²) in [5.41, 5.74) is 1.54. The number of hydrogen-bond donors (Lipinski definition) is 2. The molecule has 0 bridgehead atoms. The van der Waals surface area contributed by atoms with Crippen LogP contribution in [0.2, 0.25) is 0 Å². The number of aromatic hydroxyl groups is 1. The lowest BCUT2D eigenvalue weighted by molar-refractivity contribution is 0.475. The Hall–Kier alpha value is -1.94. The smallest absolute Gasteiger partial charge is 0.130 e. The van der Waals surface area contributed by atoms with Gasteiger partial charge in [0.1, 0.15) is 17.4 Å². The fourth-order valence-electron chi connectivity index (χ4n) is 1.78. The molecule has 2 N–H and O–H groups in total. The summed E-state index contributed by atoms with van der Waals surface area (Å²) in [6.45, 7) is 1.05. The maximum atomic E-state index is 13.3. The highest BCUT2D eigenvalue weighted by Gasteiger charge is 2.03. The molecule has 0 radical (unpaired) electrons. The highest BCUT2D eigenvalue weighted by Crippen LogP contribution is 2.11. The van der Waals surface area contributed by atoms with Crippen molar-refractivity contribution in [3.63, 3.8) is 0 Å². The van der Waals surface area contributed by atoms with Crippen LogP contribution in [-0.4, -0.2) is 11.7 Å². The first-order valence-corrected chi connectivity index (χ1v) is 6.08. The predicted molar refractivity (Wildman–Crippen MR) is 69.9 cm³/mol. The lowest BCUT2D eigenvalue weighted by Gasteiger charge is -2.06. The standard InChI is InChI=1S/C15H15F2NO/c16-13-4-3-12(15(17)9-13)10-18-8-7-11-1-5-14(19)6-2-11/h1-6,9,18-19H,7-8,10H2. The molecule has 0 unspecified atom stereocenters. The van der Waals surface area contributed by atoms with Crippen molar-refractivity contribution < 1.29 is 13.9 Å². The fourth-order valence-corrected chi connectivity index (χ4v) is 1.78. The molecule has 4 heteroatoms. The maximum absolute atomic E-state index is 13.3. The third-order valence-electron chi connectivity index (χ3n) is 2.86. The second kappa shape index (κ2) is 6.29. The van der Waals surface area contributed by atoms with Gasteiger partial charge >= 0.3 is 0 Å². The van der Waals surface area contributed by atoms with E-state index >= 15 is 0 Å². The second-order valence-corrected chi connectivity index (χ2v) is 4.33. The summed E-state index contributed by atoms with van der Waals surface area (Å²) in [6, 6.07) is 10.5. The Balaban J connectivity index is 1.79. The largest absolute Gasteiger partial charge is 0.508 e. The van der Waals surface area contributed by atoms with Crippen molar-refractivity contribution in [1.82, 2.24) is 5.32 Å². The van der Waals surface area contributed by atoms with E-state index in [1.54, 1.807) is 12.1 Å². The molecule has 2 aromatic carbocycles. The van der Waals surface area contributed by atoms with Crippen LogP contribution in [0.3, 0.4) is 0 Å². The molecule has 0 fully saturated rings. The van der Waals surface area contributed by atoms with Crippen molar-refractivity contribution in [2.45, 2.75) is 13.0 Å². The zero-order valence-electron chi connectivity index (χ0n) is 10.4. The molecule has 0 atom stereocenters. The van der Waals surface area contributed by atoms with E-state index in [1.165, 1.54) is 12.1 Å². The zero-order chi connectivity index (χ0) is 13.7. The van der Waals surface area contributed by atoms with Gasteiger partial charge < -0.3 is 10.4 Å². The molecule has 2 aromatic rings. The molecule has 0 aromatic heterocycles. The minimum atomic E-state index is -0.564. The van der Waals surface area contributed by atoms with E-state index in [0.717, 1.165) is 18.1 Å². The van der Waals surface area contributed by atoms with Crippen molar-refractivity contribution >= 4 is 0 Å². The fraction of sp³-hybridized carbons (Fsp3) is 0.200. The van der Waals surface area contributed by atoms with Gasteiger partial charge in [-0.3, -0.25) is 0 Å². The Labute approximate surface area is 110 Å². The number of rotatable bonds is 5. The van der Waals surface area contributed by atoms with Crippen molar-refractivity contribution in [1.29, 1.82) is 0 Å². The third kappa shape index (κ3) is 4.03. The molecule has 100 valence electrons. The maximum Gasteiger partial charge on any atom is 0.130 e. The SMILES string of the molecule is Oc1ccc(CCNCc2ccc(F)cc2F)cc1. The van der Waals surface area contributed by atoms with Gasteiger partial charge in [0.05, 0.1) is 0 Å². The van der Waals surface area contributed by atoms with E-state index < -0.39 is 11.6 Å². The predicted octanol–water partition coefficient (Wildman–Crippen LogP) is 3.00. The first-order valence-electron chi connectivity index (χ1n) is 6.08. The van der Waals surface area contributed by atoms with Gasteiger partial charge in [-0.05, 0) is 36.7 Å². The van der Waals surface area contributed by atoms with Crippen LogP contribution in [0.4, 0.5) is 8.78 Å². The van der Waals surface area contributed by atoms with E-state index in [-0.39, 0.29) is 5.75 Å². The molecule has 0 saturated carbocycles. The van der Waals surface area contributed by atoms with Crippen molar-refractivity contribution in [2.75, 3.05) is 6.54 Å². The van der Waals surface area contributed by atoms with Crippen LogP contribution in [0.1, 0.15) is 11.1 Å². The quantitative estimate of drug-likeness (QED) is 0.813. The number of phenolic OH excluding ortho intramolecular Hbond substituents is 1. The summed E-state index contributed by atoms with van der Waals surface area (Å²) >= 11 is 0. The van der Waals surface area contributed by atoms with Gasteiger partial charge in [0, 0.05) is 18.2 Å². The lowest BCUT2D eigenvalue weighted by Crippen LogP contribution is -2.17. The topological polar surface area (TPSA) is 32.3 Å². The highest BCUT2D eigenvalue weighted by atomic mass is 19.1. The summed E-state index contributed by atoms with van der Waals surface area (Å²) in [5, 5.41) is 12.2. The second-order valence-electron chi connectivity index (χ2n) is 4.33. The Kier molecular flexibility index (Phi) is 4.47. The molecule has 0 aliphatic rings. The van der Waals surface area contributed by atoms with Crippen molar-refractivity contribution in [2.24, 2.45) is 0 Å². The van der Waals surface area contributed by atoms with Crippen LogP contribution in [0.15, 0.2) is 42.5 Å². The van der Waals surface area contributed by atoms with Gasteiger partial charge in [-0.1, -0.05) is 18.2 Å². The minimum Gasteiger partial charge on any atom is -0.508 e. The van der Waals surface area contributed by atoms with Crippen molar-refractivity contribution in [3.8, 4) is 5.75 Å². The summed E-state index contributed by atoms with van der Waals surface area (Å²) in [7, 11) is 0. The first-order chi connectivity index (χ1) is 9.15. The van der Waals surface area contributed by atoms with Crippen molar-refractivity contribution in [3.05, 3.63) is 65.2 Å².